The average Bonchev–Trinajstić information content (AvgIpc) is 3.02. The molecule has 0 bridgehead atoms. The summed E-state index contributed by atoms with van der Waals surface area (Å²) in [4.78, 5) is 11.4. The molecule has 20 heavy (non-hydrogen) atoms. The molecule has 1 saturated heterocycles. The van der Waals surface area contributed by atoms with Gasteiger partial charge < -0.3 is 15.1 Å². The van der Waals surface area contributed by atoms with Crippen molar-refractivity contribution in [3.8, 4) is 11.5 Å². The monoisotopic (exact) mass is 272 g/mol. The van der Waals surface area contributed by atoms with E-state index in [-0.39, 0.29) is 0 Å². The molecule has 5 nitrogen and oxygen atoms in total. The standard InChI is InChI=1S/C15H20N4O/c1-11-10-17-15(18-14(11)13-3-2-8-20-13)19-6-4-12(9-16)5-7-19/h2-3,8,10,12H,4-7,9,16H2,1H3. The van der Waals surface area contributed by atoms with Gasteiger partial charge in [0.05, 0.1) is 6.26 Å². The van der Waals surface area contributed by atoms with E-state index in [2.05, 4.69) is 14.9 Å². The Kier molecular flexibility index (Phi) is 3.69. The van der Waals surface area contributed by atoms with Crippen LogP contribution < -0.4 is 10.6 Å². The van der Waals surface area contributed by atoms with Crippen molar-refractivity contribution in [2.24, 2.45) is 11.7 Å². The van der Waals surface area contributed by atoms with Crippen LogP contribution in [-0.2, 0) is 0 Å². The Labute approximate surface area is 118 Å². The molecule has 0 unspecified atom stereocenters. The number of nitrogens with zero attached hydrogens (tertiary/aromatic N) is 3. The number of furan rings is 1. The van der Waals surface area contributed by atoms with Gasteiger partial charge in [0.2, 0.25) is 5.95 Å². The molecular weight excluding hydrogens is 252 g/mol. The first kappa shape index (κ1) is 13.1. The van der Waals surface area contributed by atoms with Crippen LogP contribution in [0, 0.1) is 12.8 Å². The van der Waals surface area contributed by atoms with Gasteiger partial charge in [-0.3, -0.25) is 0 Å². The molecule has 5 heteroatoms. The maximum absolute atomic E-state index is 5.73. The summed E-state index contributed by atoms with van der Waals surface area (Å²) < 4.78 is 5.45. The normalized spacial score (nSPS) is 16.6. The first-order valence-corrected chi connectivity index (χ1v) is 7.10. The molecule has 1 aliphatic rings. The smallest absolute Gasteiger partial charge is 0.225 e. The van der Waals surface area contributed by atoms with Crippen molar-refractivity contribution in [2.75, 3.05) is 24.5 Å². The van der Waals surface area contributed by atoms with Gasteiger partial charge in [0.1, 0.15) is 5.69 Å². The third-order valence-corrected chi connectivity index (χ3v) is 3.94. The van der Waals surface area contributed by atoms with E-state index in [1.807, 2.05) is 25.3 Å². The van der Waals surface area contributed by atoms with Gasteiger partial charge >= 0.3 is 0 Å². The van der Waals surface area contributed by atoms with Gasteiger partial charge in [0, 0.05) is 19.3 Å². The molecule has 0 atom stereocenters. The van der Waals surface area contributed by atoms with Crippen molar-refractivity contribution in [1.29, 1.82) is 0 Å². The largest absolute Gasteiger partial charge is 0.463 e. The van der Waals surface area contributed by atoms with Crippen molar-refractivity contribution in [3.05, 3.63) is 30.2 Å². The van der Waals surface area contributed by atoms with Crippen LogP contribution in [0.3, 0.4) is 0 Å². The molecule has 1 fully saturated rings. The first-order valence-electron chi connectivity index (χ1n) is 7.10. The highest BCUT2D eigenvalue weighted by Crippen LogP contribution is 2.25. The van der Waals surface area contributed by atoms with Crippen LogP contribution in [-0.4, -0.2) is 29.6 Å². The van der Waals surface area contributed by atoms with Crippen LogP contribution in [0.2, 0.25) is 0 Å². The molecule has 0 radical (unpaired) electrons. The average molecular weight is 272 g/mol. The minimum absolute atomic E-state index is 0.640. The number of aromatic nitrogens is 2. The summed E-state index contributed by atoms with van der Waals surface area (Å²) in [6, 6.07) is 3.81. The molecule has 3 rings (SSSR count). The minimum atomic E-state index is 0.640. The Balaban J connectivity index is 1.83. The quantitative estimate of drug-likeness (QED) is 0.928. The van der Waals surface area contributed by atoms with Crippen LogP contribution in [0.25, 0.3) is 11.5 Å². The van der Waals surface area contributed by atoms with E-state index in [1.54, 1.807) is 6.26 Å². The Bertz CT molecular complexity index is 559. The maximum atomic E-state index is 5.73. The molecule has 0 aliphatic carbocycles. The second kappa shape index (κ2) is 5.63. The molecule has 2 aromatic rings. The molecule has 0 saturated carbocycles. The zero-order chi connectivity index (χ0) is 13.9. The van der Waals surface area contributed by atoms with E-state index < -0.39 is 0 Å². The lowest BCUT2D eigenvalue weighted by atomic mass is 9.97. The van der Waals surface area contributed by atoms with Gasteiger partial charge in [-0.15, -0.1) is 0 Å². The molecule has 0 spiro atoms. The van der Waals surface area contributed by atoms with Crippen LogP contribution in [0.15, 0.2) is 29.0 Å². The summed E-state index contributed by atoms with van der Waals surface area (Å²) in [6.45, 7) is 4.73. The van der Waals surface area contributed by atoms with Crippen LogP contribution in [0.5, 0.6) is 0 Å². The van der Waals surface area contributed by atoms with Gasteiger partial charge in [-0.2, -0.15) is 0 Å². The fourth-order valence-corrected chi connectivity index (χ4v) is 2.62. The predicted molar refractivity (Wildman–Crippen MR) is 78.5 cm³/mol. The fourth-order valence-electron chi connectivity index (χ4n) is 2.62. The Morgan fingerprint density at radius 2 is 2.20 bits per heavy atom. The van der Waals surface area contributed by atoms with Gasteiger partial charge in [0.25, 0.3) is 0 Å². The number of piperidine rings is 1. The highest BCUT2D eigenvalue weighted by molar-refractivity contribution is 5.58. The molecule has 0 aromatic carbocycles. The molecule has 106 valence electrons. The first-order chi connectivity index (χ1) is 9.78. The zero-order valence-electron chi connectivity index (χ0n) is 11.7. The summed E-state index contributed by atoms with van der Waals surface area (Å²) >= 11 is 0. The summed E-state index contributed by atoms with van der Waals surface area (Å²) in [7, 11) is 0. The summed E-state index contributed by atoms with van der Waals surface area (Å²) in [5.74, 6) is 2.22. The third-order valence-electron chi connectivity index (χ3n) is 3.94. The second-order valence-corrected chi connectivity index (χ2v) is 5.35. The van der Waals surface area contributed by atoms with E-state index in [9.17, 15) is 0 Å². The molecule has 0 amide bonds. The lowest BCUT2D eigenvalue weighted by Gasteiger charge is -2.31. The Morgan fingerprint density at radius 1 is 1.40 bits per heavy atom. The number of anilines is 1. The van der Waals surface area contributed by atoms with E-state index in [0.717, 1.165) is 55.4 Å². The SMILES string of the molecule is Cc1cnc(N2CCC(CN)CC2)nc1-c1ccco1. The van der Waals surface area contributed by atoms with E-state index in [1.165, 1.54) is 0 Å². The maximum Gasteiger partial charge on any atom is 0.225 e. The van der Waals surface area contributed by atoms with E-state index in [4.69, 9.17) is 10.2 Å². The third kappa shape index (κ3) is 2.54. The number of hydrogen-bond donors (Lipinski definition) is 1. The number of hydrogen-bond acceptors (Lipinski definition) is 5. The van der Waals surface area contributed by atoms with Crippen molar-refractivity contribution < 1.29 is 4.42 Å². The molecule has 1 aliphatic heterocycles. The van der Waals surface area contributed by atoms with Crippen molar-refractivity contribution in [1.82, 2.24) is 9.97 Å². The lowest BCUT2D eigenvalue weighted by Crippen LogP contribution is -2.37. The molecule has 2 aromatic heterocycles. The number of rotatable bonds is 3. The zero-order valence-corrected chi connectivity index (χ0v) is 11.7. The highest BCUT2D eigenvalue weighted by Gasteiger charge is 2.21. The topological polar surface area (TPSA) is 68.2 Å². The van der Waals surface area contributed by atoms with Crippen molar-refractivity contribution >= 4 is 5.95 Å². The van der Waals surface area contributed by atoms with Crippen molar-refractivity contribution in [3.63, 3.8) is 0 Å². The second-order valence-electron chi connectivity index (χ2n) is 5.35. The van der Waals surface area contributed by atoms with Gasteiger partial charge in [0.15, 0.2) is 5.76 Å². The lowest BCUT2D eigenvalue weighted by molar-refractivity contribution is 0.411. The summed E-state index contributed by atoms with van der Waals surface area (Å²) in [5, 5.41) is 0. The number of aryl methyl sites for hydroxylation is 1. The van der Waals surface area contributed by atoms with Gasteiger partial charge in [-0.1, -0.05) is 0 Å². The summed E-state index contributed by atoms with van der Waals surface area (Å²) in [6.07, 6.45) is 5.77. The van der Waals surface area contributed by atoms with Crippen LogP contribution >= 0.6 is 0 Å². The number of nitrogens with two attached hydrogens (primary N) is 1. The van der Waals surface area contributed by atoms with Gasteiger partial charge in [-0.05, 0) is 49.9 Å². The van der Waals surface area contributed by atoms with Crippen molar-refractivity contribution in [2.45, 2.75) is 19.8 Å². The summed E-state index contributed by atoms with van der Waals surface area (Å²) in [5.41, 5.74) is 7.64. The van der Waals surface area contributed by atoms with E-state index >= 15 is 0 Å². The van der Waals surface area contributed by atoms with E-state index in [0.29, 0.717) is 5.92 Å². The Hall–Kier alpha value is -1.88. The van der Waals surface area contributed by atoms with Crippen LogP contribution in [0.1, 0.15) is 18.4 Å². The highest BCUT2D eigenvalue weighted by atomic mass is 16.3. The van der Waals surface area contributed by atoms with Gasteiger partial charge in [-0.25, -0.2) is 9.97 Å². The predicted octanol–water partition coefficient (Wildman–Crippen LogP) is 2.22. The Morgan fingerprint density at radius 3 is 2.85 bits per heavy atom. The molecule has 2 N–H and O–H groups in total. The fraction of sp³-hybridized carbons (Fsp3) is 0.467. The molecule has 3 heterocycles. The van der Waals surface area contributed by atoms with Crippen LogP contribution in [0.4, 0.5) is 5.95 Å². The minimum Gasteiger partial charge on any atom is -0.463 e. The molecular formula is C15H20N4O.